The number of nitro groups is 1. The van der Waals surface area contributed by atoms with E-state index in [0.717, 1.165) is 24.9 Å². The number of hydrogen-bond acceptors (Lipinski definition) is 4. The molecular formula is C14H16BrN3O3. The van der Waals surface area contributed by atoms with Gasteiger partial charge >= 0.3 is 0 Å². The highest BCUT2D eigenvalue weighted by molar-refractivity contribution is 9.10. The normalized spacial score (nSPS) is 25.5. The number of hydrogen-bond donors (Lipinski definition) is 1. The molecule has 6 nitrogen and oxygen atoms in total. The van der Waals surface area contributed by atoms with Crippen molar-refractivity contribution in [2.75, 3.05) is 13.1 Å². The molecule has 21 heavy (non-hydrogen) atoms. The van der Waals surface area contributed by atoms with Crippen LogP contribution in [0.4, 0.5) is 5.69 Å². The van der Waals surface area contributed by atoms with Crippen LogP contribution in [0.5, 0.6) is 0 Å². The van der Waals surface area contributed by atoms with Gasteiger partial charge in [-0.3, -0.25) is 19.8 Å². The number of carbonyl (C=O) groups is 1. The van der Waals surface area contributed by atoms with Gasteiger partial charge in [-0.25, -0.2) is 0 Å². The molecule has 1 N–H and O–H groups in total. The minimum atomic E-state index is -0.382. The number of amides is 1. The van der Waals surface area contributed by atoms with Crippen molar-refractivity contribution in [3.05, 3.63) is 38.3 Å². The van der Waals surface area contributed by atoms with Crippen molar-refractivity contribution in [1.29, 1.82) is 0 Å². The Morgan fingerprint density at radius 1 is 1.48 bits per heavy atom. The number of halogens is 1. The maximum absolute atomic E-state index is 11.8. The molecule has 2 fully saturated rings. The summed E-state index contributed by atoms with van der Waals surface area (Å²) in [5.74, 6) is 0.218. The third-order valence-corrected chi connectivity index (χ3v) is 4.98. The summed E-state index contributed by atoms with van der Waals surface area (Å²) in [5.41, 5.74) is 0.992. The fraction of sp³-hybridized carbons (Fsp3) is 0.500. The highest BCUT2D eigenvalue weighted by Crippen LogP contribution is 2.30. The van der Waals surface area contributed by atoms with Crippen molar-refractivity contribution in [2.24, 2.45) is 5.92 Å². The topological polar surface area (TPSA) is 75.5 Å². The minimum absolute atomic E-state index is 0.0733. The second-order valence-electron chi connectivity index (χ2n) is 5.57. The Kier molecular flexibility index (Phi) is 3.95. The molecule has 0 saturated carbocycles. The van der Waals surface area contributed by atoms with Crippen molar-refractivity contribution in [3.63, 3.8) is 0 Å². The first-order valence-corrected chi connectivity index (χ1v) is 7.80. The first kappa shape index (κ1) is 14.5. The summed E-state index contributed by atoms with van der Waals surface area (Å²) < 4.78 is 0.491. The van der Waals surface area contributed by atoms with Gasteiger partial charge in [0.05, 0.1) is 15.3 Å². The van der Waals surface area contributed by atoms with E-state index in [1.807, 2.05) is 6.07 Å². The van der Waals surface area contributed by atoms with Crippen molar-refractivity contribution >= 4 is 27.5 Å². The quantitative estimate of drug-likeness (QED) is 0.666. The smallest absolute Gasteiger partial charge is 0.283 e. The van der Waals surface area contributed by atoms with Crippen LogP contribution in [0.25, 0.3) is 0 Å². The van der Waals surface area contributed by atoms with Crippen molar-refractivity contribution in [3.8, 4) is 0 Å². The van der Waals surface area contributed by atoms with Gasteiger partial charge in [-0.1, -0.05) is 6.07 Å². The Morgan fingerprint density at radius 3 is 3.05 bits per heavy atom. The molecule has 0 aromatic heterocycles. The van der Waals surface area contributed by atoms with E-state index in [2.05, 4.69) is 26.1 Å². The monoisotopic (exact) mass is 353 g/mol. The van der Waals surface area contributed by atoms with E-state index in [0.29, 0.717) is 17.6 Å². The van der Waals surface area contributed by atoms with E-state index < -0.39 is 0 Å². The summed E-state index contributed by atoms with van der Waals surface area (Å²) in [5, 5.41) is 13.9. The van der Waals surface area contributed by atoms with E-state index in [1.165, 1.54) is 0 Å². The van der Waals surface area contributed by atoms with E-state index in [9.17, 15) is 14.9 Å². The van der Waals surface area contributed by atoms with Crippen LogP contribution in [0.2, 0.25) is 0 Å². The average molecular weight is 354 g/mol. The third kappa shape index (κ3) is 2.80. The summed E-state index contributed by atoms with van der Waals surface area (Å²) in [7, 11) is 0. The Balaban J connectivity index is 1.78. The van der Waals surface area contributed by atoms with Gasteiger partial charge in [0.15, 0.2) is 0 Å². The molecule has 1 amide bonds. The standard InChI is InChI=1S/C14H16BrN3O3/c15-11-4-3-9(6-12(11)18(20)21)8-17-5-1-2-10-13(17)7-16-14(10)19/h3-4,6,10,13H,1-2,5,7-8H2,(H,16,19). The minimum Gasteiger partial charge on any atom is -0.354 e. The number of nitrogens with one attached hydrogen (secondary N) is 1. The maximum atomic E-state index is 11.8. The Bertz CT molecular complexity index is 593. The second kappa shape index (κ2) is 5.73. The highest BCUT2D eigenvalue weighted by Gasteiger charge is 2.40. The van der Waals surface area contributed by atoms with Crippen LogP contribution in [0.15, 0.2) is 22.7 Å². The fourth-order valence-electron chi connectivity index (χ4n) is 3.27. The van der Waals surface area contributed by atoms with Crippen LogP contribution in [0.1, 0.15) is 18.4 Å². The molecule has 0 radical (unpaired) electrons. The van der Waals surface area contributed by atoms with Gasteiger partial charge in [0.1, 0.15) is 0 Å². The summed E-state index contributed by atoms with van der Waals surface area (Å²) in [6, 6.07) is 5.43. The van der Waals surface area contributed by atoms with Crippen molar-refractivity contribution in [2.45, 2.75) is 25.4 Å². The summed E-state index contributed by atoms with van der Waals surface area (Å²) >= 11 is 3.20. The number of benzene rings is 1. The van der Waals surface area contributed by atoms with Gasteiger partial charge in [0.25, 0.3) is 5.69 Å². The molecule has 2 atom stereocenters. The number of piperidine rings is 1. The molecule has 2 unspecified atom stereocenters. The summed E-state index contributed by atoms with van der Waals surface area (Å²) in [6.07, 6.45) is 1.93. The van der Waals surface area contributed by atoms with Gasteiger partial charge in [-0.05, 0) is 46.9 Å². The predicted molar refractivity (Wildman–Crippen MR) is 80.7 cm³/mol. The molecule has 0 spiro atoms. The van der Waals surface area contributed by atoms with E-state index in [1.54, 1.807) is 12.1 Å². The number of nitrogens with zero attached hydrogens (tertiary/aromatic N) is 2. The van der Waals surface area contributed by atoms with E-state index >= 15 is 0 Å². The van der Waals surface area contributed by atoms with E-state index in [-0.39, 0.29) is 28.5 Å². The number of fused-ring (bicyclic) bond motifs is 1. The van der Waals surface area contributed by atoms with Crippen LogP contribution in [-0.2, 0) is 11.3 Å². The number of rotatable bonds is 3. The van der Waals surface area contributed by atoms with Crippen LogP contribution in [0, 0.1) is 16.0 Å². The van der Waals surface area contributed by atoms with Gasteiger partial charge in [-0.15, -0.1) is 0 Å². The summed E-state index contributed by atoms with van der Waals surface area (Å²) in [6.45, 7) is 2.26. The number of nitro benzene ring substituents is 1. The SMILES string of the molecule is O=C1NCC2C1CCCN2Cc1ccc(Br)c([N+](=O)[O-])c1. The molecule has 0 aliphatic carbocycles. The molecule has 3 rings (SSSR count). The van der Waals surface area contributed by atoms with E-state index in [4.69, 9.17) is 0 Å². The zero-order chi connectivity index (χ0) is 15.0. The van der Waals surface area contributed by atoms with Gasteiger partial charge in [0.2, 0.25) is 5.91 Å². The molecule has 2 heterocycles. The lowest BCUT2D eigenvalue weighted by atomic mass is 9.91. The Morgan fingerprint density at radius 2 is 2.29 bits per heavy atom. The zero-order valence-electron chi connectivity index (χ0n) is 11.4. The van der Waals surface area contributed by atoms with Crippen LogP contribution >= 0.6 is 15.9 Å². The van der Waals surface area contributed by atoms with Crippen LogP contribution in [0.3, 0.4) is 0 Å². The first-order valence-electron chi connectivity index (χ1n) is 7.01. The number of carbonyl (C=O) groups excluding carboxylic acids is 1. The predicted octanol–water partition coefficient (Wildman–Crippen LogP) is 2.07. The molecule has 2 aliphatic rings. The molecule has 2 aliphatic heterocycles. The van der Waals surface area contributed by atoms with Gasteiger partial charge in [-0.2, -0.15) is 0 Å². The molecular weight excluding hydrogens is 338 g/mol. The molecule has 1 aromatic rings. The first-order chi connectivity index (χ1) is 10.1. The van der Waals surface area contributed by atoms with Gasteiger partial charge in [0, 0.05) is 25.2 Å². The lowest BCUT2D eigenvalue weighted by molar-refractivity contribution is -0.385. The average Bonchev–Trinajstić information content (AvgIpc) is 2.84. The molecule has 7 heteroatoms. The molecule has 1 aromatic carbocycles. The zero-order valence-corrected chi connectivity index (χ0v) is 13.0. The van der Waals surface area contributed by atoms with Crippen molar-refractivity contribution in [1.82, 2.24) is 10.2 Å². The summed E-state index contributed by atoms with van der Waals surface area (Å²) in [4.78, 5) is 24.6. The fourth-order valence-corrected chi connectivity index (χ4v) is 3.66. The Labute approximate surface area is 130 Å². The largest absolute Gasteiger partial charge is 0.354 e. The van der Waals surface area contributed by atoms with Crippen LogP contribution < -0.4 is 5.32 Å². The molecule has 0 bridgehead atoms. The Hall–Kier alpha value is -1.47. The molecule has 2 saturated heterocycles. The maximum Gasteiger partial charge on any atom is 0.283 e. The third-order valence-electron chi connectivity index (χ3n) is 4.31. The van der Waals surface area contributed by atoms with Crippen LogP contribution in [-0.4, -0.2) is 34.9 Å². The van der Waals surface area contributed by atoms with Gasteiger partial charge < -0.3 is 5.32 Å². The lowest BCUT2D eigenvalue weighted by Crippen LogP contribution is -2.44. The molecule has 112 valence electrons. The van der Waals surface area contributed by atoms with Crippen molar-refractivity contribution < 1.29 is 9.72 Å². The second-order valence-corrected chi connectivity index (χ2v) is 6.43. The number of likely N-dealkylation sites (tertiary alicyclic amines) is 1. The lowest BCUT2D eigenvalue weighted by Gasteiger charge is -2.35. The highest BCUT2D eigenvalue weighted by atomic mass is 79.9.